The van der Waals surface area contributed by atoms with E-state index in [2.05, 4.69) is 0 Å². The lowest BCUT2D eigenvalue weighted by atomic mass is 10.0. The van der Waals surface area contributed by atoms with Gasteiger partial charge in [-0.05, 0) is 12.5 Å². The van der Waals surface area contributed by atoms with Crippen LogP contribution in [0, 0.1) is 5.92 Å². The molecular formula is C9H9Cl3OS. The van der Waals surface area contributed by atoms with E-state index in [1.807, 2.05) is 6.07 Å². The van der Waals surface area contributed by atoms with Gasteiger partial charge in [-0.25, -0.2) is 0 Å². The second kappa shape index (κ2) is 4.58. The van der Waals surface area contributed by atoms with Crippen molar-refractivity contribution in [1.82, 2.24) is 0 Å². The summed E-state index contributed by atoms with van der Waals surface area (Å²) < 4.78 is 6.67. The fraction of sp³-hybridized carbons (Fsp3) is 0.556. The summed E-state index contributed by atoms with van der Waals surface area (Å²) in [4.78, 5) is 0. The van der Waals surface area contributed by atoms with Crippen molar-refractivity contribution in [3.8, 4) is 0 Å². The fourth-order valence-corrected chi connectivity index (χ4v) is 3.62. The zero-order chi connectivity index (χ0) is 10.1. The molecule has 1 nitrogen and oxygen atoms in total. The molecule has 2 atom stereocenters. The Kier molecular flexibility index (Phi) is 3.61. The Morgan fingerprint density at radius 3 is 2.79 bits per heavy atom. The number of hydrogen-bond acceptors (Lipinski definition) is 2. The maximum Gasteiger partial charge on any atom is 0.0991 e. The molecule has 1 aliphatic rings. The van der Waals surface area contributed by atoms with Crippen LogP contribution in [0.3, 0.4) is 0 Å². The van der Waals surface area contributed by atoms with E-state index >= 15 is 0 Å². The van der Waals surface area contributed by atoms with Gasteiger partial charge < -0.3 is 4.74 Å². The van der Waals surface area contributed by atoms with Gasteiger partial charge in [0.15, 0.2) is 0 Å². The van der Waals surface area contributed by atoms with Gasteiger partial charge in [0, 0.05) is 18.1 Å². The van der Waals surface area contributed by atoms with Gasteiger partial charge in [0.2, 0.25) is 0 Å². The van der Waals surface area contributed by atoms with E-state index in [0.29, 0.717) is 14.6 Å². The maximum atomic E-state index is 6.31. The van der Waals surface area contributed by atoms with Crippen LogP contribution in [0.15, 0.2) is 6.07 Å². The van der Waals surface area contributed by atoms with E-state index in [4.69, 9.17) is 39.5 Å². The van der Waals surface area contributed by atoms with Gasteiger partial charge in [-0.15, -0.1) is 22.9 Å². The molecule has 0 spiro atoms. The Morgan fingerprint density at radius 1 is 1.50 bits per heavy atom. The molecule has 1 fully saturated rings. The zero-order valence-electron chi connectivity index (χ0n) is 7.30. The van der Waals surface area contributed by atoms with Crippen LogP contribution in [0.25, 0.3) is 0 Å². The predicted octanol–water partition coefficient (Wildman–Crippen LogP) is 4.37. The van der Waals surface area contributed by atoms with E-state index in [9.17, 15) is 0 Å². The predicted molar refractivity (Wildman–Crippen MR) is 61.9 cm³/mol. The number of ether oxygens (including phenoxy) is 1. The first-order chi connectivity index (χ1) is 6.68. The van der Waals surface area contributed by atoms with Crippen molar-refractivity contribution < 1.29 is 4.74 Å². The number of rotatable bonds is 2. The average Bonchev–Trinajstić information content (AvgIpc) is 2.73. The van der Waals surface area contributed by atoms with Gasteiger partial charge in [-0.1, -0.05) is 23.2 Å². The first-order valence-electron chi connectivity index (χ1n) is 4.35. The highest BCUT2D eigenvalue weighted by molar-refractivity contribution is 7.20. The number of thiophene rings is 1. The third-order valence-corrected chi connectivity index (χ3v) is 4.47. The molecule has 2 unspecified atom stereocenters. The topological polar surface area (TPSA) is 9.23 Å². The van der Waals surface area contributed by atoms with Crippen LogP contribution >= 0.6 is 46.1 Å². The molecule has 0 aliphatic carbocycles. The molecule has 0 N–H and O–H groups in total. The molecule has 1 saturated heterocycles. The summed E-state index contributed by atoms with van der Waals surface area (Å²) in [5.41, 5.74) is 0.943. The lowest BCUT2D eigenvalue weighted by Gasteiger charge is -2.14. The molecule has 0 aromatic carbocycles. The Hall–Kier alpha value is 0.530. The van der Waals surface area contributed by atoms with Crippen LogP contribution in [0.2, 0.25) is 8.67 Å². The number of halogens is 3. The molecule has 14 heavy (non-hydrogen) atoms. The van der Waals surface area contributed by atoms with Crippen molar-refractivity contribution in [3.05, 3.63) is 20.3 Å². The van der Waals surface area contributed by atoms with Gasteiger partial charge in [0.1, 0.15) is 0 Å². The summed E-state index contributed by atoms with van der Waals surface area (Å²) in [6.45, 7) is 1.52. The lowest BCUT2D eigenvalue weighted by Crippen LogP contribution is -2.07. The van der Waals surface area contributed by atoms with Crippen molar-refractivity contribution >= 4 is 46.1 Å². The minimum Gasteiger partial charge on any atom is -0.381 e. The summed E-state index contributed by atoms with van der Waals surface area (Å²) in [6.07, 6.45) is 0.998. The monoisotopic (exact) mass is 270 g/mol. The largest absolute Gasteiger partial charge is 0.381 e. The molecule has 1 aliphatic heterocycles. The molecule has 2 rings (SSSR count). The van der Waals surface area contributed by atoms with Crippen LogP contribution in [0.1, 0.15) is 17.4 Å². The minimum atomic E-state index is -0.0752. The molecule has 0 amide bonds. The quantitative estimate of drug-likeness (QED) is 0.726. The highest BCUT2D eigenvalue weighted by atomic mass is 35.5. The Bertz CT molecular complexity index is 320. The van der Waals surface area contributed by atoms with Gasteiger partial charge in [-0.3, -0.25) is 0 Å². The average molecular weight is 272 g/mol. The fourth-order valence-electron chi connectivity index (χ4n) is 1.58. The third-order valence-electron chi connectivity index (χ3n) is 2.36. The van der Waals surface area contributed by atoms with E-state index in [1.54, 1.807) is 0 Å². The second-order valence-corrected chi connectivity index (χ2v) is 6.06. The first-order valence-corrected chi connectivity index (χ1v) is 6.36. The summed E-state index contributed by atoms with van der Waals surface area (Å²) in [7, 11) is 0. The van der Waals surface area contributed by atoms with Crippen molar-refractivity contribution in [2.45, 2.75) is 11.8 Å². The molecule has 0 saturated carbocycles. The maximum absolute atomic E-state index is 6.31. The van der Waals surface area contributed by atoms with Crippen LogP contribution in [-0.4, -0.2) is 13.2 Å². The molecule has 0 radical (unpaired) electrons. The number of hydrogen-bond donors (Lipinski definition) is 0. The molecule has 1 aromatic heterocycles. The summed E-state index contributed by atoms with van der Waals surface area (Å²) in [5, 5.41) is -0.0752. The molecule has 5 heteroatoms. The molecular weight excluding hydrogens is 263 g/mol. The molecule has 1 aromatic rings. The highest BCUT2D eigenvalue weighted by Gasteiger charge is 2.27. The van der Waals surface area contributed by atoms with Gasteiger partial charge in [0.05, 0.1) is 20.7 Å². The van der Waals surface area contributed by atoms with Crippen LogP contribution in [-0.2, 0) is 4.74 Å². The summed E-state index contributed by atoms with van der Waals surface area (Å²) >= 11 is 19.6. The Morgan fingerprint density at radius 2 is 2.29 bits per heavy atom. The van der Waals surface area contributed by atoms with Gasteiger partial charge >= 0.3 is 0 Å². The smallest absolute Gasteiger partial charge is 0.0991 e. The van der Waals surface area contributed by atoms with Crippen LogP contribution in [0.4, 0.5) is 0 Å². The third kappa shape index (κ3) is 2.20. The van der Waals surface area contributed by atoms with Crippen molar-refractivity contribution in [2.24, 2.45) is 5.92 Å². The van der Waals surface area contributed by atoms with Gasteiger partial charge in [-0.2, -0.15) is 0 Å². The van der Waals surface area contributed by atoms with Crippen molar-refractivity contribution in [2.75, 3.05) is 13.2 Å². The Labute approximate surface area is 102 Å². The Balaban J connectivity index is 2.17. The normalized spacial score (nSPS) is 24.1. The molecule has 2 heterocycles. The van der Waals surface area contributed by atoms with E-state index in [1.165, 1.54) is 11.3 Å². The molecule has 0 bridgehead atoms. The SMILES string of the molecule is Clc1cc(C(Cl)C2CCOC2)c(Cl)s1. The first kappa shape index (κ1) is 11.0. The lowest BCUT2D eigenvalue weighted by molar-refractivity contribution is 0.185. The van der Waals surface area contributed by atoms with E-state index < -0.39 is 0 Å². The second-order valence-electron chi connectivity index (χ2n) is 3.30. The van der Waals surface area contributed by atoms with Crippen molar-refractivity contribution in [1.29, 1.82) is 0 Å². The molecule has 78 valence electrons. The number of alkyl halides is 1. The zero-order valence-corrected chi connectivity index (χ0v) is 10.4. The minimum absolute atomic E-state index is 0.0752. The van der Waals surface area contributed by atoms with Crippen LogP contribution < -0.4 is 0 Å². The standard InChI is InChI=1S/C9H9Cl3OS/c10-7-3-6(9(12)14-7)8(11)5-1-2-13-4-5/h3,5,8H,1-2,4H2. The van der Waals surface area contributed by atoms with E-state index in [-0.39, 0.29) is 5.38 Å². The van der Waals surface area contributed by atoms with E-state index in [0.717, 1.165) is 25.2 Å². The van der Waals surface area contributed by atoms with Crippen molar-refractivity contribution in [3.63, 3.8) is 0 Å². The summed E-state index contributed by atoms with van der Waals surface area (Å²) in [6, 6.07) is 1.85. The summed E-state index contributed by atoms with van der Waals surface area (Å²) in [5.74, 6) is 0.361. The van der Waals surface area contributed by atoms with Gasteiger partial charge in [0.25, 0.3) is 0 Å². The van der Waals surface area contributed by atoms with Crippen LogP contribution in [0.5, 0.6) is 0 Å². The highest BCUT2D eigenvalue weighted by Crippen LogP contribution is 2.42.